The van der Waals surface area contributed by atoms with Crippen molar-refractivity contribution in [3.05, 3.63) is 76.6 Å². The second-order valence-corrected chi connectivity index (χ2v) is 8.42. The Labute approximate surface area is 178 Å². The summed E-state index contributed by atoms with van der Waals surface area (Å²) >= 11 is 7.79. The monoisotopic (exact) mass is 424 g/mol. The fourth-order valence-electron chi connectivity index (χ4n) is 3.23. The number of carbonyl (C=O) groups excluding carboxylic acids is 1. The quantitative estimate of drug-likeness (QED) is 0.435. The Bertz CT molecular complexity index is 1150. The summed E-state index contributed by atoms with van der Waals surface area (Å²) in [6.07, 6.45) is 3.96. The van der Waals surface area contributed by atoms with Gasteiger partial charge in [-0.3, -0.25) is 14.4 Å². The van der Waals surface area contributed by atoms with Crippen molar-refractivity contribution in [2.75, 3.05) is 11.4 Å². The zero-order chi connectivity index (χ0) is 20.4. The summed E-state index contributed by atoms with van der Waals surface area (Å²) in [6, 6.07) is 13.8. The summed E-state index contributed by atoms with van der Waals surface area (Å²) in [5.74, 6) is 0.0148. The van der Waals surface area contributed by atoms with Crippen molar-refractivity contribution < 1.29 is 4.79 Å². The predicted molar refractivity (Wildman–Crippen MR) is 119 cm³/mol. The molecule has 0 radical (unpaired) electrons. The Kier molecular flexibility index (Phi) is 5.65. The molecule has 0 spiro atoms. The lowest BCUT2D eigenvalue weighted by atomic mass is 10.0. The lowest BCUT2D eigenvalue weighted by molar-refractivity contribution is -0.118. The molecule has 2 aromatic carbocycles. The van der Waals surface area contributed by atoms with Crippen LogP contribution in [0, 0.1) is 13.8 Å². The number of hydrogen-bond acceptors (Lipinski definition) is 4. The number of thiazole rings is 1. The number of carbonyl (C=O) groups is 1. The molecular weight excluding hydrogens is 404 g/mol. The van der Waals surface area contributed by atoms with Crippen LogP contribution in [0.15, 0.2) is 54.9 Å². The summed E-state index contributed by atoms with van der Waals surface area (Å²) in [6.45, 7) is 5.16. The molecule has 1 amide bonds. The van der Waals surface area contributed by atoms with E-state index in [9.17, 15) is 4.79 Å². The SMILES string of the molecule is Cc1ccc(C)c(CC(=O)N(CCn2cccn2)c2nc3c(Cl)cccc3s2)c1. The smallest absolute Gasteiger partial charge is 0.233 e. The highest BCUT2D eigenvalue weighted by molar-refractivity contribution is 7.22. The van der Waals surface area contributed by atoms with E-state index in [1.54, 1.807) is 11.1 Å². The van der Waals surface area contributed by atoms with Crippen molar-refractivity contribution in [3.63, 3.8) is 0 Å². The van der Waals surface area contributed by atoms with Crippen molar-refractivity contribution in [2.45, 2.75) is 26.8 Å². The van der Waals surface area contributed by atoms with Crippen LogP contribution in [0.1, 0.15) is 16.7 Å². The summed E-state index contributed by atoms with van der Waals surface area (Å²) in [5.41, 5.74) is 4.03. The highest BCUT2D eigenvalue weighted by atomic mass is 35.5. The van der Waals surface area contributed by atoms with Crippen LogP contribution in [0.5, 0.6) is 0 Å². The first-order valence-corrected chi connectivity index (χ1v) is 10.6. The average molecular weight is 425 g/mol. The molecule has 4 rings (SSSR count). The standard InChI is InChI=1S/C22H21ClN4OS/c1-15-7-8-16(2)17(13-15)14-20(28)27(12-11-26-10-4-9-24-26)22-25-21-18(23)5-3-6-19(21)29-22/h3-10,13H,11-12,14H2,1-2H3. The van der Waals surface area contributed by atoms with Crippen molar-refractivity contribution in [3.8, 4) is 0 Å². The van der Waals surface area contributed by atoms with Gasteiger partial charge in [-0.25, -0.2) is 4.98 Å². The van der Waals surface area contributed by atoms with Gasteiger partial charge in [0.25, 0.3) is 0 Å². The first kappa shape index (κ1) is 19.6. The second-order valence-electron chi connectivity index (χ2n) is 7.00. The van der Waals surface area contributed by atoms with Crippen LogP contribution >= 0.6 is 22.9 Å². The zero-order valence-electron chi connectivity index (χ0n) is 16.3. The summed E-state index contributed by atoms with van der Waals surface area (Å²) in [5, 5.41) is 5.51. The van der Waals surface area contributed by atoms with E-state index >= 15 is 0 Å². The van der Waals surface area contributed by atoms with E-state index in [0.717, 1.165) is 26.9 Å². The van der Waals surface area contributed by atoms with Crippen LogP contribution in [-0.4, -0.2) is 27.2 Å². The molecule has 0 aliphatic carbocycles. The average Bonchev–Trinajstić information content (AvgIpc) is 3.35. The number of para-hydroxylation sites is 1. The molecule has 0 N–H and O–H groups in total. The third kappa shape index (κ3) is 4.33. The third-order valence-corrected chi connectivity index (χ3v) is 6.20. The summed E-state index contributed by atoms with van der Waals surface area (Å²) in [4.78, 5) is 19.8. The van der Waals surface area contributed by atoms with Crippen LogP contribution in [-0.2, 0) is 17.8 Å². The normalized spacial score (nSPS) is 11.1. The van der Waals surface area contributed by atoms with Gasteiger partial charge < -0.3 is 0 Å². The third-order valence-electron chi connectivity index (χ3n) is 4.85. The van der Waals surface area contributed by atoms with Gasteiger partial charge >= 0.3 is 0 Å². The number of hydrogen-bond donors (Lipinski definition) is 0. The minimum Gasteiger partial charge on any atom is -0.286 e. The van der Waals surface area contributed by atoms with Crippen molar-refractivity contribution in [1.29, 1.82) is 0 Å². The first-order valence-electron chi connectivity index (χ1n) is 9.40. The molecule has 0 atom stereocenters. The largest absolute Gasteiger partial charge is 0.286 e. The van der Waals surface area contributed by atoms with Crippen molar-refractivity contribution in [2.24, 2.45) is 0 Å². The van der Waals surface area contributed by atoms with Crippen LogP contribution in [0.3, 0.4) is 0 Å². The van der Waals surface area contributed by atoms with Gasteiger partial charge in [-0.05, 0) is 43.2 Å². The number of fused-ring (bicyclic) bond motifs is 1. The fraction of sp³-hybridized carbons (Fsp3) is 0.227. The molecular formula is C22H21ClN4OS. The van der Waals surface area contributed by atoms with E-state index in [2.05, 4.69) is 28.3 Å². The first-order chi connectivity index (χ1) is 14.0. The van der Waals surface area contributed by atoms with Gasteiger partial charge in [0.05, 0.1) is 22.7 Å². The Balaban J connectivity index is 1.65. The van der Waals surface area contributed by atoms with Gasteiger partial charge in [0.2, 0.25) is 5.91 Å². The molecule has 0 fully saturated rings. The van der Waals surface area contributed by atoms with Gasteiger partial charge in [0, 0.05) is 18.9 Å². The lowest BCUT2D eigenvalue weighted by Gasteiger charge is -2.20. The Morgan fingerprint density at radius 2 is 2.07 bits per heavy atom. The molecule has 0 unspecified atom stereocenters. The minimum absolute atomic E-state index is 0.0148. The lowest BCUT2D eigenvalue weighted by Crippen LogP contribution is -2.35. The molecule has 7 heteroatoms. The molecule has 0 saturated carbocycles. The molecule has 4 aromatic rings. The van der Waals surface area contributed by atoms with E-state index in [1.807, 2.05) is 49.0 Å². The number of anilines is 1. The fourth-order valence-corrected chi connectivity index (χ4v) is 4.54. The Morgan fingerprint density at radius 1 is 1.21 bits per heavy atom. The number of nitrogens with zero attached hydrogens (tertiary/aromatic N) is 4. The Morgan fingerprint density at radius 3 is 2.83 bits per heavy atom. The maximum absolute atomic E-state index is 13.3. The molecule has 29 heavy (non-hydrogen) atoms. The van der Waals surface area contributed by atoms with Crippen LogP contribution in [0.25, 0.3) is 10.2 Å². The van der Waals surface area contributed by atoms with Crippen LogP contribution in [0.4, 0.5) is 5.13 Å². The van der Waals surface area contributed by atoms with Gasteiger partial charge in [-0.1, -0.05) is 52.8 Å². The van der Waals surface area contributed by atoms with E-state index in [1.165, 1.54) is 11.3 Å². The Hall–Kier alpha value is -2.70. The van der Waals surface area contributed by atoms with E-state index in [0.29, 0.717) is 29.7 Å². The minimum atomic E-state index is 0.0148. The number of aryl methyl sites for hydroxylation is 2. The highest BCUT2D eigenvalue weighted by Crippen LogP contribution is 2.33. The number of amides is 1. The molecule has 0 aliphatic rings. The van der Waals surface area contributed by atoms with Gasteiger partial charge in [-0.15, -0.1) is 0 Å². The summed E-state index contributed by atoms with van der Waals surface area (Å²) in [7, 11) is 0. The van der Waals surface area contributed by atoms with Gasteiger partial charge in [0.15, 0.2) is 5.13 Å². The molecule has 2 aromatic heterocycles. The molecule has 148 valence electrons. The van der Waals surface area contributed by atoms with Crippen molar-refractivity contribution >= 4 is 44.2 Å². The second kappa shape index (κ2) is 8.35. The molecule has 0 bridgehead atoms. The van der Waals surface area contributed by atoms with E-state index in [-0.39, 0.29) is 5.91 Å². The number of benzene rings is 2. The van der Waals surface area contributed by atoms with Gasteiger partial charge in [-0.2, -0.15) is 5.10 Å². The van der Waals surface area contributed by atoms with Gasteiger partial charge in [0.1, 0.15) is 5.52 Å². The molecule has 0 aliphatic heterocycles. The predicted octanol–water partition coefficient (Wildman–Crippen LogP) is 5.04. The maximum atomic E-state index is 13.3. The maximum Gasteiger partial charge on any atom is 0.233 e. The summed E-state index contributed by atoms with van der Waals surface area (Å²) < 4.78 is 2.79. The topological polar surface area (TPSA) is 51.0 Å². The number of rotatable bonds is 6. The molecule has 0 saturated heterocycles. The number of aromatic nitrogens is 3. The van der Waals surface area contributed by atoms with Crippen molar-refractivity contribution in [1.82, 2.24) is 14.8 Å². The molecule has 5 nitrogen and oxygen atoms in total. The van der Waals surface area contributed by atoms with Crippen LogP contribution in [0.2, 0.25) is 5.02 Å². The highest BCUT2D eigenvalue weighted by Gasteiger charge is 2.21. The van der Waals surface area contributed by atoms with E-state index < -0.39 is 0 Å². The van der Waals surface area contributed by atoms with Crippen LogP contribution < -0.4 is 4.90 Å². The number of halogens is 1. The zero-order valence-corrected chi connectivity index (χ0v) is 17.9. The molecule has 2 heterocycles. The van der Waals surface area contributed by atoms with E-state index in [4.69, 9.17) is 11.6 Å².